The van der Waals surface area contributed by atoms with E-state index in [1.54, 1.807) is 28.8 Å². The van der Waals surface area contributed by atoms with Gasteiger partial charge in [-0.1, -0.05) is 47.6 Å². The Hall–Kier alpha value is -1.67. The molecule has 5 nitrogen and oxygen atoms in total. The third kappa shape index (κ3) is 3.54. The molecule has 0 spiro atoms. The van der Waals surface area contributed by atoms with Crippen LogP contribution in [0.4, 0.5) is 0 Å². The molecule has 1 aromatic heterocycles. The van der Waals surface area contributed by atoms with Crippen LogP contribution in [-0.2, 0) is 16.6 Å². The van der Waals surface area contributed by atoms with Crippen LogP contribution < -0.4 is 9.60 Å². The Labute approximate surface area is 178 Å². The number of benzene rings is 2. The average molecular weight is 449 g/mol. The second-order valence-electron chi connectivity index (χ2n) is 8.08. The van der Waals surface area contributed by atoms with Crippen molar-refractivity contribution in [3.63, 3.8) is 0 Å². The van der Waals surface area contributed by atoms with Gasteiger partial charge in [0.1, 0.15) is 0 Å². The van der Waals surface area contributed by atoms with Crippen molar-refractivity contribution in [1.82, 2.24) is 9.29 Å². The molecule has 1 N–H and O–H groups in total. The smallest absolute Gasteiger partial charge is 0.294 e. The summed E-state index contributed by atoms with van der Waals surface area (Å²) < 4.78 is 31.1. The van der Waals surface area contributed by atoms with Gasteiger partial charge in [0.05, 0.1) is 21.7 Å². The molecular formula is C21H21ClN2O3S2. The summed E-state index contributed by atoms with van der Waals surface area (Å²) in [5.74, 6) is 1.13. The van der Waals surface area contributed by atoms with E-state index in [1.807, 2.05) is 18.2 Å². The molecule has 0 radical (unpaired) electrons. The van der Waals surface area contributed by atoms with E-state index >= 15 is 0 Å². The number of nitrogens with zero attached hydrogens (tertiary/aromatic N) is 1. The lowest BCUT2D eigenvalue weighted by molar-refractivity contribution is 0.390. The summed E-state index contributed by atoms with van der Waals surface area (Å²) in [5.41, 5.74) is 1.57. The number of rotatable bonds is 5. The Morgan fingerprint density at radius 3 is 2.69 bits per heavy atom. The summed E-state index contributed by atoms with van der Waals surface area (Å²) >= 11 is 7.30. The average Bonchev–Trinajstić information content (AvgIpc) is 3.37. The van der Waals surface area contributed by atoms with Crippen molar-refractivity contribution in [3.05, 3.63) is 62.7 Å². The predicted molar refractivity (Wildman–Crippen MR) is 116 cm³/mol. The standard InChI is InChI=1S/C21H21ClN2O3S2/c22-17-4-2-1-3-15(17)12-24-19-8-7-16(11-20(19)28-21(24)25)29(26,27)23-18-10-13-5-6-14(18)9-13/h1-4,7-8,11,13-14,18,23H,5-6,9-10,12H2. The summed E-state index contributed by atoms with van der Waals surface area (Å²) in [6.45, 7) is 0.355. The van der Waals surface area contributed by atoms with Gasteiger partial charge in [0.2, 0.25) is 10.0 Å². The van der Waals surface area contributed by atoms with Crippen molar-refractivity contribution in [1.29, 1.82) is 0 Å². The maximum absolute atomic E-state index is 12.9. The van der Waals surface area contributed by atoms with Crippen LogP contribution in [0.1, 0.15) is 31.2 Å². The monoisotopic (exact) mass is 448 g/mol. The SMILES string of the molecule is O=c1sc2cc(S(=O)(=O)NC3CC4CCC3C4)ccc2n1Cc1ccccc1Cl. The quantitative estimate of drug-likeness (QED) is 0.635. The minimum absolute atomic E-state index is 0.0398. The fraction of sp³-hybridized carbons (Fsp3) is 0.381. The molecule has 2 aliphatic rings. The van der Waals surface area contributed by atoms with Crippen molar-refractivity contribution >= 4 is 43.2 Å². The van der Waals surface area contributed by atoms with Gasteiger partial charge in [-0.15, -0.1) is 0 Å². The summed E-state index contributed by atoms with van der Waals surface area (Å²) in [4.78, 5) is 12.6. The maximum atomic E-state index is 12.9. The van der Waals surface area contributed by atoms with Gasteiger partial charge >= 0.3 is 4.87 Å². The van der Waals surface area contributed by atoms with E-state index < -0.39 is 10.0 Å². The molecule has 2 saturated carbocycles. The van der Waals surface area contributed by atoms with E-state index in [-0.39, 0.29) is 15.8 Å². The number of nitrogens with one attached hydrogen (secondary N) is 1. The van der Waals surface area contributed by atoms with E-state index in [0.717, 1.165) is 41.7 Å². The number of hydrogen-bond donors (Lipinski definition) is 1. The fourth-order valence-electron chi connectivity index (χ4n) is 4.82. The van der Waals surface area contributed by atoms with Gasteiger partial charge in [0, 0.05) is 11.1 Å². The molecule has 2 bridgehead atoms. The molecule has 29 heavy (non-hydrogen) atoms. The molecule has 2 aromatic carbocycles. The highest BCUT2D eigenvalue weighted by atomic mass is 35.5. The lowest BCUT2D eigenvalue weighted by atomic mass is 9.96. The van der Waals surface area contributed by atoms with Crippen LogP contribution in [0.25, 0.3) is 10.2 Å². The molecule has 5 rings (SSSR count). The van der Waals surface area contributed by atoms with E-state index in [1.165, 1.54) is 6.42 Å². The highest BCUT2D eigenvalue weighted by molar-refractivity contribution is 7.89. The zero-order chi connectivity index (χ0) is 20.2. The van der Waals surface area contributed by atoms with E-state index in [9.17, 15) is 13.2 Å². The summed E-state index contributed by atoms with van der Waals surface area (Å²) in [6.07, 6.45) is 4.41. The normalized spacial score (nSPS) is 23.8. The first kappa shape index (κ1) is 19.3. The predicted octanol–water partition coefficient (Wildman–Crippen LogP) is 4.23. The van der Waals surface area contributed by atoms with Gasteiger partial charge in [-0.2, -0.15) is 0 Å². The van der Waals surface area contributed by atoms with E-state index in [2.05, 4.69) is 4.72 Å². The molecular weight excluding hydrogens is 428 g/mol. The molecule has 152 valence electrons. The Kier molecular flexibility index (Phi) is 4.81. The van der Waals surface area contributed by atoms with Gasteiger partial charge < -0.3 is 0 Å². The zero-order valence-electron chi connectivity index (χ0n) is 15.7. The lowest BCUT2D eigenvalue weighted by Gasteiger charge is -2.22. The highest BCUT2D eigenvalue weighted by Gasteiger charge is 2.41. The van der Waals surface area contributed by atoms with Gasteiger partial charge in [-0.25, -0.2) is 13.1 Å². The minimum atomic E-state index is -3.60. The lowest BCUT2D eigenvalue weighted by Crippen LogP contribution is -2.38. The number of thiazole rings is 1. The van der Waals surface area contributed by atoms with E-state index in [4.69, 9.17) is 11.6 Å². The molecule has 3 unspecified atom stereocenters. The summed E-state index contributed by atoms with van der Waals surface area (Å²) in [5, 5.41) is 0.605. The molecule has 3 aromatic rings. The first-order chi connectivity index (χ1) is 13.9. The number of aromatic nitrogens is 1. The van der Waals surface area contributed by atoms with Crippen LogP contribution in [-0.4, -0.2) is 19.0 Å². The van der Waals surface area contributed by atoms with Gasteiger partial charge in [-0.05, 0) is 60.9 Å². The second-order valence-corrected chi connectivity index (χ2v) is 11.2. The van der Waals surface area contributed by atoms with Crippen LogP contribution in [0, 0.1) is 11.8 Å². The largest absolute Gasteiger partial charge is 0.308 e. The van der Waals surface area contributed by atoms with Crippen molar-refractivity contribution in [2.45, 2.75) is 43.2 Å². The Morgan fingerprint density at radius 1 is 1.14 bits per heavy atom. The molecule has 2 aliphatic carbocycles. The van der Waals surface area contributed by atoms with Crippen molar-refractivity contribution in [2.24, 2.45) is 11.8 Å². The molecule has 3 atom stereocenters. The Bertz CT molecular complexity index is 1250. The Morgan fingerprint density at radius 2 is 1.97 bits per heavy atom. The molecule has 0 aliphatic heterocycles. The number of sulfonamides is 1. The van der Waals surface area contributed by atoms with Crippen LogP contribution in [0.5, 0.6) is 0 Å². The number of halogens is 1. The first-order valence-corrected chi connectivity index (χ1v) is 12.5. The molecule has 0 amide bonds. The second kappa shape index (κ2) is 7.23. The third-order valence-corrected chi connectivity index (χ3v) is 9.08. The van der Waals surface area contributed by atoms with Crippen molar-refractivity contribution < 1.29 is 8.42 Å². The number of hydrogen-bond acceptors (Lipinski definition) is 4. The van der Waals surface area contributed by atoms with Crippen LogP contribution >= 0.6 is 22.9 Å². The molecule has 2 fully saturated rings. The fourth-order valence-corrected chi connectivity index (χ4v) is 7.36. The molecule has 8 heteroatoms. The Balaban J connectivity index is 1.45. The summed E-state index contributed by atoms with van der Waals surface area (Å²) in [7, 11) is -3.60. The third-order valence-electron chi connectivity index (χ3n) is 6.28. The van der Waals surface area contributed by atoms with E-state index in [0.29, 0.717) is 28.1 Å². The van der Waals surface area contributed by atoms with Gasteiger partial charge in [0.25, 0.3) is 0 Å². The maximum Gasteiger partial charge on any atom is 0.308 e. The highest BCUT2D eigenvalue weighted by Crippen LogP contribution is 2.44. The minimum Gasteiger partial charge on any atom is -0.294 e. The summed E-state index contributed by atoms with van der Waals surface area (Å²) in [6, 6.07) is 12.4. The molecule has 1 heterocycles. The number of fused-ring (bicyclic) bond motifs is 3. The van der Waals surface area contributed by atoms with Crippen LogP contribution in [0.3, 0.4) is 0 Å². The van der Waals surface area contributed by atoms with Crippen molar-refractivity contribution in [2.75, 3.05) is 0 Å². The van der Waals surface area contributed by atoms with Crippen LogP contribution in [0.15, 0.2) is 52.2 Å². The van der Waals surface area contributed by atoms with Crippen molar-refractivity contribution in [3.8, 4) is 0 Å². The first-order valence-electron chi connectivity index (χ1n) is 9.80. The van der Waals surface area contributed by atoms with Gasteiger partial charge in [0.15, 0.2) is 0 Å². The van der Waals surface area contributed by atoms with Crippen LogP contribution in [0.2, 0.25) is 5.02 Å². The van der Waals surface area contributed by atoms with Gasteiger partial charge in [-0.3, -0.25) is 9.36 Å². The topological polar surface area (TPSA) is 68.2 Å². The zero-order valence-corrected chi connectivity index (χ0v) is 18.1. The molecule has 0 saturated heterocycles.